The van der Waals surface area contributed by atoms with Crippen LogP contribution in [0.25, 0.3) is 0 Å². The average Bonchev–Trinajstić information content (AvgIpc) is 2.02. The van der Waals surface area contributed by atoms with Crippen LogP contribution in [0.2, 0.25) is 0 Å². The van der Waals surface area contributed by atoms with Gasteiger partial charge < -0.3 is 4.74 Å². The molecule has 1 atom stereocenters. The highest BCUT2D eigenvalue weighted by Gasteiger charge is 2.12. The Bertz CT molecular complexity index is 152. The Labute approximate surface area is 77.9 Å². The second-order valence-electron chi connectivity index (χ2n) is 4.63. The molecule has 0 radical (unpaired) electrons. The largest absolute Gasteiger partial charge is 0.378 e. The first kappa shape index (κ1) is 10.1. The van der Waals surface area contributed by atoms with Crippen molar-refractivity contribution < 1.29 is 4.74 Å². The third-order valence-electron chi connectivity index (χ3n) is 2.03. The number of ether oxygens (including phenoxy) is 1. The van der Waals surface area contributed by atoms with E-state index in [0.717, 1.165) is 6.61 Å². The lowest BCUT2D eigenvalue weighted by Gasteiger charge is -2.21. The van der Waals surface area contributed by atoms with E-state index in [-0.39, 0.29) is 0 Å². The fourth-order valence-electron chi connectivity index (χ4n) is 1.31. The van der Waals surface area contributed by atoms with Gasteiger partial charge in [-0.25, -0.2) is 0 Å². The van der Waals surface area contributed by atoms with Crippen molar-refractivity contribution in [3.05, 3.63) is 0 Å². The summed E-state index contributed by atoms with van der Waals surface area (Å²) in [5.74, 6) is 0. The molecule has 0 aliphatic carbocycles. The van der Waals surface area contributed by atoms with E-state index >= 15 is 0 Å². The quantitative estimate of drug-likeness (QED) is 0.565. The summed E-state index contributed by atoms with van der Waals surface area (Å²) in [5.41, 5.74) is 3.44. The molecule has 2 heteroatoms. The maximum atomic E-state index is 5.68. The Hall–Kier alpha value is 0.0469. The fraction of sp³-hybridized carbons (Fsp3) is 0.900. The zero-order chi connectivity index (χ0) is 9.03. The van der Waals surface area contributed by atoms with E-state index in [4.69, 9.17) is 4.74 Å². The van der Waals surface area contributed by atoms with Crippen molar-refractivity contribution in [3.8, 4) is 0 Å². The van der Waals surface area contributed by atoms with Crippen molar-refractivity contribution in [1.82, 2.24) is 0 Å². The highest BCUT2D eigenvalue weighted by molar-refractivity contribution is 6.49. The predicted molar refractivity (Wildman–Crippen MR) is 56.3 cm³/mol. The molecule has 1 rings (SSSR count). The summed E-state index contributed by atoms with van der Waals surface area (Å²) in [5, 5.41) is 0. The molecule has 0 aromatic rings. The van der Waals surface area contributed by atoms with Gasteiger partial charge in [-0.2, -0.15) is 0 Å². The lowest BCUT2D eigenvalue weighted by atomic mass is 10.0. The lowest BCUT2D eigenvalue weighted by Crippen LogP contribution is -2.25. The molecule has 0 aromatic heterocycles. The van der Waals surface area contributed by atoms with Gasteiger partial charge in [0.1, 0.15) is 0 Å². The van der Waals surface area contributed by atoms with Crippen molar-refractivity contribution in [2.45, 2.75) is 45.8 Å². The topological polar surface area (TPSA) is 9.23 Å². The third-order valence-corrected chi connectivity index (χ3v) is 4.17. The van der Waals surface area contributed by atoms with E-state index in [0.29, 0.717) is 20.3 Å². The molecule has 1 aliphatic heterocycles. The molecule has 1 unspecified atom stereocenters. The molecule has 1 fully saturated rings. The summed E-state index contributed by atoms with van der Waals surface area (Å²) >= 11 is 0. The first-order valence-electron chi connectivity index (χ1n) is 4.89. The highest BCUT2D eigenvalue weighted by Crippen LogP contribution is 2.12. The smallest absolute Gasteiger partial charge is 0.0590 e. The van der Waals surface area contributed by atoms with Crippen LogP contribution in [0, 0.1) is 5.41 Å². The van der Waals surface area contributed by atoms with Crippen LogP contribution in [0.1, 0.15) is 40.0 Å². The van der Waals surface area contributed by atoms with Crippen molar-refractivity contribution in [2.24, 2.45) is 5.41 Å². The van der Waals surface area contributed by atoms with Gasteiger partial charge in [-0.05, 0) is 24.7 Å². The van der Waals surface area contributed by atoms with Crippen LogP contribution in [0.15, 0.2) is 0 Å². The van der Waals surface area contributed by atoms with E-state index in [9.17, 15) is 0 Å². The molecule has 0 spiro atoms. The molecular formula is C10H20OSi. The Morgan fingerprint density at radius 1 is 1.33 bits per heavy atom. The molecule has 0 amide bonds. The molecule has 1 nitrogen and oxygen atoms in total. The normalized spacial score (nSPS) is 26.4. The number of hydrogen-bond donors (Lipinski definition) is 0. The Morgan fingerprint density at radius 3 is 2.58 bits per heavy atom. The molecular weight excluding hydrogens is 164 g/mol. The summed E-state index contributed by atoms with van der Waals surface area (Å²) in [4.78, 5) is 0. The average molecular weight is 184 g/mol. The lowest BCUT2D eigenvalue weighted by molar-refractivity contribution is 0.0669. The fourth-order valence-corrected chi connectivity index (χ4v) is 2.78. The van der Waals surface area contributed by atoms with Crippen LogP contribution < -0.4 is 0 Å². The van der Waals surface area contributed by atoms with Gasteiger partial charge in [0.05, 0.1) is 5.73 Å². The zero-order valence-electron chi connectivity index (χ0n) is 8.47. The Morgan fingerprint density at radius 2 is 2.08 bits per heavy atom. The second-order valence-corrected chi connectivity index (χ2v) is 6.09. The van der Waals surface area contributed by atoms with Crippen molar-refractivity contribution in [3.63, 3.8) is 0 Å². The molecule has 0 N–H and O–H groups in total. The predicted octanol–water partition coefficient (Wildman–Crippen LogP) is 1.80. The maximum absolute atomic E-state index is 5.68. The van der Waals surface area contributed by atoms with Crippen LogP contribution in [-0.2, 0) is 4.74 Å². The molecule has 1 saturated heterocycles. The first-order valence-corrected chi connectivity index (χ1v) is 6.22. The second kappa shape index (κ2) is 4.33. The highest BCUT2D eigenvalue weighted by atomic mass is 28.2. The van der Waals surface area contributed by atoms with Gasteiger partial charge >= 0.3 is 0 Å². The minimum Gasteiger partial charge on any atom is -0.378 e. The maximum Gasteiger partial charge on any atom is 0.0590 e. The first-order chi connectivity index (χ1) is 5.58. The van der Waals surface area contributed by atoms with Crippen molar-refractivity contribution in [2.75, 3.05) is 6.61 Å². The van der Waals surface area contributed by atoms with Crippen LogP contribution in [0.5, 0.6) is 0 Å². The van der Waals surface area contributed by atoms with E-state index < -0.39 is 0 Å². The third kappa shape index (κ3) is 4.17. The summed E-state index contributed by atoms with van der Waals surface area (Å²) in [6, 6.07) is 0. The Balaban J connectivity index is 2.33. The van der Waals surface area contributed by atoms with E-state index in [1.165, 1.54) is 19.3 Å². The molecule has 1 heterocycles. The van der Waals surface area contributed by atoms with Gasteiger partial charge in [0.2, 0.25) is 0 Å². The minimum absolute atomic E-state index is 0.385. The SMILES string of the molecule is CC(C)(C)C=[SiH]C1CCCCO1. The van der Waals surface area contributed by atoms with Crippen LogP contribution in [-0.4, -0.2) is 27.1 Å². The van der Waals surface area contributed by atoms with Crippen LogP contribution in [0.3, 0.4) is 0 Å². The zero-order valence-corrected chi connectivity index (χ0v) is 9.62. The van der Waals surface area contributed by atoms with E-state index in [2.05, 4.69) is 26.4 Å². The van der Waals surface area contributed by atoms with E-state index in [1.54, 1.807) is 0 Å². The summed E-state index contributed by atoms with van der Waals surface area (Å²) in [6.45, 7) is 7.80. The molecule has 70 valence electrons. The van der Waals surface area contributed by atoms with Gasteiger partial charge in [0, 0.05) is 15.7 Å². The monoisotopic (exact) mass is 184 g/mol. The van der Waals surface area contributed by atoms with Gasteiger partial charge in [-0.3, -0.25) is 0 Å². The summed E-state index contributed by atoms with van der Waals surface area (Å²) in [6.07, 6.45) is 3.93. The van der Waals surface area contributed by atoms with Crippen molar-refractivity contribution in [1.29, 1.82) is 0 Å². The standard InChI is InChI=1S/C10H20OSi/c1-10(2,3)8-12-9-6-4-5-7-11-9/h8-9,12H,4-7H2,1-3H3. The van der Waals surface area contributed by atoms with E-state index in [1.807, 2.05) is 0 Å². The molecule has 1 aliphatic rings. The minimum atomic E-state index is 0.385. The van der Waals surface area contributed by atoms with Crippen LogP contribution >= 0.6 is 0 Å². The summed E-state index contributed by atoms with van der Waals surface area (Å²) < 4.78 is 5.68. The molecule has 0 aromatic carbocycles. The number of rotatable bonds is 1. The number of hydrogen-bond acceptors (Lipinski definition) is 1. The molecule has 0 saturated carbocycles. The summed E-state index contributed by atoms with van der Waals surface area (Å²) in [7, 11) is 0.400. The van der Waals surface area contributed by atoms with Gasteiger partial charge in [-0.1, -0.05) is 26.4 Å². The van der Waals surface area contributed by atoms with Gasteiger partial charge in [0.15, 0.2) is 0 Å². The van der Waals surface area contributed by atoms with Gasteiger partial charge in [-0.15, -0.1) is 0 Å². The van der Waals surface area contributed by atoms with Gasteiger partial charge in [0.25, 0.3) is 0 Å². The molecule has 0 bridgehead atoms. The Kier molecular flexibility index (Phi) is 3.66. The molecule has 12 heavy (non-hydrogen) atoms. The van der Waals surface area contributed by atoms with Crippen molar-refractivity contribution >= 4 is 14.8 Å². The van der Waals surface area contributed by atoms with Crippen LogP contribution in [0.4, 0.5) is 0 Å².